The molecule has 33 heavy (non-hydrogen) atoms. The summed E-state index contributed by atoms with van der Waals surface area (Å²) in [5.74, 6) is -2.51. The normalized spacial score (nSPS) is 39.0. The van der Waals surface area contributed by atoms with E-state index in [9.17, 15) is 48.1 Å². The number of carboxylic acids is 1. The number of rotatable bonds is 7. The van der Waals surface area contributed by atoms with Crippen molar-refractivity contribution < 1.29 is 126 Å². The molecule has 0 radical (unpaired) electrons. The van der Waals surface area contributed by atoms with E-state index in [1.807, 2.05) is 0 Å². The number of hydrogen-bond donors (Lipinski definition) is 5. The van der Waals surface area contributed by atoms with E-state index in [-0.39, 0.29) is 59.1 Å². The fourth-order valence-corrected chi connectivity index (χ4v) is 3.63. The van der Waals surface area contributed by atoms with Crippen LogP contribution in [0.4, 0.5) is 0 Å². The van der Waals surface area contributed by atoms with Crippen molar-refractivity contribution in [3.63, 3.8) is 0 Å². The van der Waals surface area contributed by atoms with Gasteiger partial charge in [-0.3, -0.25) is 8.98 Å². The summed E-state index contributed by atoms with van der Waals surface area (Å²) in [6, 6.07) is -1.13. The van der Waals surface area contributed by atoms with Gasteiger partial charge in [0.1, 0.15) is 42.7 Å². The number of carbonyl (C=O) groups is 2. The van der Waals surface area contributed by atoms with Crippen molar-refractivity contribution >= 4 is 22.3 Å². The van der Waals surface area contributed by atoms with Crippen molar-refractivity contribution in [2.75, 3.05) is 6.61 Å². The molecular weight excluding hydrogens is 496 g/mol. The molecule has 10 atom stereocenters. The Morgan fingerprint density at radius 2 is 1.61 bits per heavy atom. The van der Waals surface area contributed by atoms with Crippen molar-refractivity contribution in [2.24, 2.45) is 0 Å². The van der Waals surface area contributed by atoms with E-state index >= 15 is 0 Å². The van der Waals surface area contributed by atoms with Gasteiger partial charge in [0.25, 0.3) is 0 Å². The Morgan fingerprint density at radius 3 is 2.09 bits per heavy atom. The quantitative estimate of drug-likeness (QED) is 0.119. The molecule has 2 aliphatic rings. The summed E-state index contributed by atoms with van der Waals surface area (Å²) in [6.07, 6.45) is -15.8. The average molecular weight is 519 g/mol. The molecule has 15 nitrogen and oxygen atoms in total. The SMILES string of the molecule is CC(=O)NC1[C@@H](O[C@@H]2OC(C(=O)[O-])[C@@H](O)[C@H](O)C2O)[C@H](O)C(COS(=O)(=O)[O-])O[C@@H]1C.[Na+].[Na+]. The summed E-state index contributed by atoms with van der Waals surface area (Å²) in [6.45, 7) is 1.62. The second-order valence-corrected chi connectivity index (χ2v) is 8.16. The molecule has 2 heterocycles. The van der Waals surface area contributed by atoms with E-state index < -0.39 is 90.0 Å². The number of hydrogen-bond acceptors (Lipinski definition) is 14. The van der Waals surface area contributed by atoms with E-state index in [1.54, 1.807) is 0 Å². The van der Waals surface area contributed by atoms with Gasteiger partial charge in [-0.15, -0.1) is 0 Å². The third-order valence-electron chi connectivity index (χ3n) is 4.81. The largest absolute Gasteiger partial charge is 1.00 e. The van der Waals surface area contributed by atoms with Crippen LogP contribution in [-0.2, 0) is 38.4 Å². The van der Waals surface area contributed by atoms with Gasteiger partial charge < -0.3 is 54.4 Å². The number of aliphatic hydroxyl groups excluding tert-OH is 4. The van der Waals surface area contributed by atoms with E-state index in [1.165, 1.54) is 6.92 Å². The van der Waals surface area contributed by atoms with Gasteiger partial charge in [-0.25, -0.2) is 8.42 Å². The number of ether oxygens (including phenoxy) is 3. The van der Waals surface area contributed by atoms with Crippen molar-refractivity contribution in [1.82, 2.24) is 5.32 Å². The minimum atomic E-state index is -5.13. The Morgan fingerprint density at radius 1 is 1.03 bits per heavy atom. The van der Waals surface area contributed by atoms with Gasteiger partial charge in [0.15, 0.2) is 6.29 Å². The first-order chi connectivity index (χ1) is 14.2. The van der Waals surface area contributed by atoms with E-state index in [0.717, 1.165) is 6.92 Å². The molecule has 1 amide bonds. The molecule has 5 N–H and O–H groups in total. The summed E-state index contributed by atoms with van der Waals surface area (Å²) in [5, 5.41) is 53.9. The minimum Gasteiger partial charge on any atom is -0.726 e. The molecule has 0 aromatic carbocycles. The topological polar surface area (TPSA) is 244 Å². The van der Waals surface area contributed by atoms with Crippen molar-refractivity contribution in [2.45, 2.75) is 75.0 Å². The molecule has 2 rings (SSSR count). The first kappa shape index (κ1) is 33.5. The maximum absolute atomic E-state index is 11.6. The van der Waals surface area contributed by atoms with Gasteiger partial charge in [0.2, 0.25) is 16.3 Å². The molecule has 2 saturated heterocycles. The molecule has 0 bridgehead atoms. The fraction of sp³-hybridized carbons (Fsp3) is 0.867. The van der Waals surface area contributed by atoms with Crippen molar-refractivity contribution in [3.05, 3.63) is 0 Å². The number of carboxylic acid groups (broad SMARTS) is 1. The number of nitrogens with one attached hydrogen (secondary N) is 1. The van der Waals surface area contributed by atoms with E-state index in [4.69, 9.17) is 14.2 Å². The number of carbonyl (C=O) groups excluding carboxylic acids is 2. The van der Waals surface area contributed by atoms with E-state index in [0.29, 0.717) is 0 Å². The first-order valence-corrected chi connectivity index (χ1v) is 10.3. The van der Waals surface area contributed by atoms with Crippen LogP contribution in [0.2, 0.25) is 0 Å². The summed E-state index contributed by atoms with van der Waals surface area (Å²) < 4.78 is 52.0. The van der Waals surface area contributed by atoms with Gasteiger partial charge in [-0.1, -0.05) is 0 Å². The smallest absolute Gasteiger partial charge is 0.726 e. The summed E-state index contributed by atoms with van der Waals surface area (Å²) in [7, 11) is -5.13. The molecule has 0 aromatic rings. The standard InChI is InChI=1S/C15H25NO14S.2Na/c1-4-7(16-5(2)17)12(8(18)6(28-4)3-27-31(24,25)26)29-15-11(21)9(19)10(20)13(30-15)14(22)23;;/h4,6-13,15,18-21H,3H2,1-2H3,(H,16,17)(H,22,23)(H,24,25,26);;/q;2*+1/p-2/t4-,6?,7?,8-,9+,10+,11?,12-,13?,15-;;/m1../s1. The molecule has 0 aromatic heterocycles. The van der Waals surface area contributed by atoms with Gasteiger partial charge in [0, 0.05) is 6.92 Å². The molecule has 2 fully saturated rings. The van der Waals surface area contributed by atoms with Gasteiger partial charge in [-0.2, -0.15) is 0 Å². The fourth-order valence-electron chi connectivity index (χ4n) is 3.33. The van der Waals surface area contributed by atoms with Crippen LogP contribution in [0.15, 0.2) is 0 Å². The monoisotopic (exact) mass is 519 g/mol. The number of aliphatic hydroxyl groups is 4. The third-order valence-corrected chi connectivity index (χ3v) is 5.23. The third kappa shape index (κ3) is 8.85. The van der Waals surface area contributed by atoms with Crippen molar-refractivity contribution in [1.29, 1.82) is 0 Å². The Balaban J connectivity index is 0.00000512. The molecule has 4 unspecified atom stereocenters. The Labute approximate surface area is 233 Å². The zero-order chi connectivity index (χ0) is 23.7. The predicted molar refractivity (Wildman–Crippen MR) is 90.2 cm³/mol. The molecule has 0 aliphatic carbocycles. The van der Waals surface area contributed by atoms with Crippen LogP contribution < -0.4 is 69.5 Å². The van der Waals surface area contributed by atoms with Crippen LogP contribution in [0.5, 0.6) is 0 Å². The molecular formula is C15H23NNa2O14S. The van der Waals surface area contributed by atoms with Crippen LogP contribution in [0.25, 0.3) is 0 Å². The first-order valence-electron chi connectivity index (χ1n) is 8.99. The molecule has 180 valence electrons. The summed E-state index contributed by atoms with van der Waals surface area (Å²) in [4.78, 5) is 22.7. The number of aliphatic carboxylic acids is 1. The van der Waals surface area contributed by atoms with Crippen LogP contribution >= 0.6 is 0 Å². The van der Waals surface area contributed by atoms with Gasteiger partial charge >= 0.3 is 59.1 Å². The van der Waals surface area contributed by atoms with Gasteiger partial charge in [-0.05, 0) is 6.92 Å². The summed E-state index contributed by atoms with van der Waals surface area (Å²) in [5.41, 5.74) is 0. The Bertz CT molecular complexity index is 772. The zero-order valence-corrected chi connectivity index (χ0v) is 23.1. The second kappa shape index (κ2) is 13.7. The van der Waals surface area contributed by atoms with Crippen LogP contribution in [0, 0.1) is 0 Å². The van der Waals surface area contributed by atoms with Crippen LogP contribution in [0.1, 0.15) is 13.8 Å². The maximum Gasteiger partial charge on any atom is 1.00 e. The average Bonchev–Trinajstić information content (AvgIpc) is 2.64. The number of amides is 1. The minimum absolute atomic E-state index is 0. The molecule has 0 spiro atoms. The van der Waals surface area contributed by atoms with Gasteiger partial charge in [0.05, 0.1) is 24.7 Å². The molecule has 0 saturated carbocycles. The predicted octanol–water partition coefficient (Wildman–Crippen LogP) is -11.9. The summed E-state index contributed by atoms with van der Waals surface area (Å²) >= 11 is 0. The van der Waals surface area contributed by atoms with Crippen LogP contribution in [0.3, 0.4) is 0 Å². The van der Waals surface area contributed by atoms with Crippen molar-refractivity contribution in [3.8, 4) is 0 Å². The Hall–Kier alpha value is 0.530. The maximum atomic E-state index is 11.6. The molecule has 2 aliphatic heterocycles. The Kier molecular flexibility index (Phi) is 14.0. The zero-order valence-electron chi connectivity index (χ0n) is 18.3. The molecule has 18 heteroatoms. The second-order valence-electron chi connectivity index (χ2n) is 7.11. The van der Waals surface area contributed by atoms with Crippen LogP contribution in [-0.4, -0.2) is 113 Å². The van der Waals surface area contributed by atoms with E-state index in [2.05, 4.69) is 9.50 Å².